The molecule has 3 saturated carbocycles. The second-order valence-electron chi connectivity index (χ2n) is 11.2. The molecule has 0 radical (unpaired) electrons. The quantitative estimate of drug-likeness (QED) is 0.459. The summed E-state index contributed by atoms with van der Waals surface area (Å²) >= 11 is 0. The second-order valence-corrected chi connectivity index (χ2v) is 11.2. The lowest BCUT2D eigenvalue weighted by Crippen LogP contribution is -2.56. The van der Waals surface area contributed by atoms with Crippen LogP contribution in [-0.2, 0) is 14.3 Å². The van der Waals surface area contributed by atoms with Crippen molar-refractivity contribution >= 4 is 11.6 Å². The van der Waals surface area contributed by atoms with Gasteiger partial charge in [-0.25, -0.2) is 0 Å². The highest BCUT2D eigenvalue weighted by atomic mass is 16.5. The highest BCUT2D eigenvalue weighted by Gasteiger charge is 2.61. The van der Waals surface area contributed by atoms with Crippen molar-refractivity contribution < 1.29 is 14.3 Å². The molecule has 0 N–H and O–H groups in total. The average molecular weight is 415 g/mol. The predicted octanol–water partition coefficient (Wildman–Crippen LogP) is 6.30. The highest BCUT2D eigenvalue weighted by Crippen LogP contribution is 2.66. The molecule has 3 fully saturated rings. The number of ketones is 2. The maximum Gasteiger partial charge on any atom is 0.158 e. The van der Waals surface area contributed by atoms with E-state index in [2.05, 4.69) is 20.8 Å². The minimum absolute atomic E-state index is 0.00275. The fourth-order valence-corrected chi connectivity index (χ4v) is 8.24. The first kappa shape index (κ1) is 22.2. The first-order chi connectivity index (χ1) is 14.3. The number of Topliss-reactive ketones (excluding diaryl/α,β-unsaturated/α-hetero) is 1. The molecule has 4 aliphatic rings. The monoisotopic (exact) mass is 414 g/mol. The topological polar surface area (TPSA) is 43.4 Å². The molecule has 0 saturated heterocycles. The SMILES string of the molecule is CCCCCCOC1CC(=O)C=C2CC[C@H]3[C@@H]4CC[C@H](C(C)=O)[C@@]4(C)CC[C@@H]3[C@]21C. The lowest BCUT2D eigenvalue weighted by molar-refractivity contribution is -0.140. The van der Waals surface area contributed by atoms with Gasteiger partial charge in [0.15, 0.2) is 5.78 Å². The summed E-state index contributed by atoms with van der Waals surface area (Å²) in [7, 11) is 0. The van der Waals surface area contributed by atoms with E-state index in [4.69, 9.17) is 4.74 Å². The van der Waals surface area contributed by atoms with Crippen molar-refractivity contribution in [1.82, 2.24) is 0 Å². The van der Waals surface area contributed by atoms with Crippen molar-refractivity contribution in [3.8, 4) is 0 Å². The first-order valence-corrected chi connectivity index (χ1v) is 12.7. The molecule has 7 atom stereocenters. The van der Waals surface area contributed by atoms with E-state index in [1.807, 2.05) is 13.0 Å². The van der Waals surface area contributed by atoms with Crippen LogP contribution in [0, 0.1) is 34.5 Å². The van der Waals surface area contributed by atoms with Crippen LogP contribution in [-0.4, -0.2) is 24.3 Å². The smallest absolute Gasteiger partial charge is 0.158 e. The maximum atomic E-state index is 12.5. The summed E-state index contributed by atoms with van der Waals surface area (Å²) in [5, 5.41) is 0. The zero-order valence-electron chi connectivity index (χ0n) is 19.7. The molecule has 0 spiro atoms. The largest absolute Gasteiger partial charge is 0.377 e. The summed E-state index contributed by atoms with van der Waals surface area (Å²) in [6, 6.07) is 0. The van der Waals surface area contributed by atoms with Crippen LogP contribution in [0.5, 0.6) is 0 Å². The van der Waals surface area contributed by atoms with Crippen LogP contribution >= 0.6 is 0 Å². The van der Waals surface area contributed by atoms with Crippen LogP contribution in [0.3, 0.4) is 0 Å². The summed E-state index contributed by atoms with van der Waals surface area (Å²) in [6.07, 6.45) is 14.2. The molecule has 168 valence electrons. The van der Waals surface area contributed by atoms with Gasteiger partial charge in [-0.1, -0.05) is 45.6 Å². The number of hydrogen-bond acceptors (Lipinski definition) is 3. The molecular formula is C27H42O3. The first-order valence-electron chi connectivity index (χ1n) is 12.7. The molecule has 0 heterocycles. The van der Waals surface area contributed by atoms with Gasteiger partial charge in [-0.2, -0.15) is 0 Å². The van der Waals surface area contributed by atoms with Gasteiger partial charge in [0.25, 0.3) is 0 Å². The molecule has 0 aromatic carbocycles. The molecule has 0 amide bonds. The van der Waals surface area contributed by atoms with Gasteiger partial charge in [0, 0.05) is 24.4 Å². The minimum atomic E-state index is -0.00275. The highest BCUT2D eigenvalue weighted by molar-refractivity contribution is 5.92. The lowest BCUT2D eigenvalue weighted by Gasteiger charge is -2.59. The van der Waals surface area contributed by atoms with Crippen LogP contribution in [0.2, 0.25) is 0 Å². The summed E-state index contributed by atoms with van der Waals surface area (Å²) in [5.41, 5.74) is 1.55. The van der Waals surface area contributed by atoms with Crippen molar-refractivity contribution in [3.63, 3.8) is 0 Å². The number of hydrogen-bond donors (Lipinski definition) is 0. The molecule has 3 nitrogen and oxygen atoms in total. The van der Waals surface area contributed by atoms with Crippen LogP contribution < -0.4 is 0 Å². The Labute approximate surface area is 183 Å². The van der Waals surface area contributed by atoms with Gasteiger partial charge in [-0.3, -0.25) is 9.59 Å². The van der Waals surface area contributed by atoms with E-state index in [0.29, 0.717) is 30.0 Å². The number of carbonyl (C=O) groups is 2. The zero-order chi connectivity index (χ0) is 21.5. The zero-order valence-corrected chi connectivity index (χ0v) is 19.7. The number of ether oxygens (including phenoxy) is 1. The van der Waals surface area contributed by atoms with Gasteiger partial charge >= 0.3 is 0 Å². The average Bonchev–Trinajstić information content (AvgIpc) is 3.06. The number of unbranched alkanes of at least 4 members (excludes halogenated alkanes) is 3. The maximum absolute atomic E-state index is 12.5. The molecule has 4 rings (SSSR count). The van der Waals surface area contributed by atoms with Crippen molar-refractivity contribution in [2.75, 3.05) is 6.61 Å². The van der Waals surface area contributed by atoms with Gasteiger partial charge in [0.1, 0.15) is 5.78 Å². The summed E-state index contributed by atoms with van der Waals surface area (Å²) < 4.78 is 6.50. The second kappa shape index (κ2) is 8.52. The predicted molar refractivity (Wildman–Crippen MR) is 120 cm³/mol. The fourth-order valence-electron chi connectivity index (χ4n) is 8.24. The normalized spacial score (nSPS) is 42.9. The van der Waals surface area contributed by atoms with Gasteiger partial charge < -0.3 is 4.74 Å². The standard InChI is InChI=1S/C27H42O3/c1-5-6-7-8-15-30-25-17-20(29)16-19-9-10-21-23-12-11-22(18(2)28)26(23,3)14-13-24(21)27(19,25)4/h16,21-25H,5-15,17H2,1-4H3/t21-,22+,23-,24-,25?,26+,27-/m0/s1. The van der Waals surface area contributed by atoms with E-state index in [0.717, 1.165) is 32.3 Å². The van der Waals surface area contributed by atoms with Gasteiger partial charge in [-0.05, 0) is 81.1 Å². The van der Waals surface area contributed by atoms with E-state index in [-0.39, 0.29) is 28.6 Å². The molecule has 3 heteroatoms. The summed E-state index contributed by atoms with van der Waals surface area (Å²) in [4.78, 5) is 24.9. The third-order valence-corrected chi connectivity index (χ3v) is 9.84. The Bertz CT molecular complexity index is 709. The van der Waals surface area contributed by atoms with Crippen molar-refractivity contribution in [2.24, 2.45) is 34.5 Å². The van der Waals surface area contributed by atoms with Gasteiger partial charge in [-0.15, -0.1) is 0 Å². The Morgan fingerprint density at radius 2 is 1.90 bits per heavy atom. The molecule has 0 bridgehead atoms. The molecule has 0 aromatic rings. The molecule has 0 aliphatic heterocycles. The third-order valence-electron chi connectivity index (χ3n) is 9.84. The molecule has 1 unspecified atom stereocenters. The van der Waals surface area contributed by atoms with E-state index >= 15 is 0 Å². The Morgan fingerprint density at radius 1 is 1.10 bits per heavy atom. The van der Waals surface area contributed by atoms with Crippen LogP contribution in [0.15, 0.2) is 11.6 Å². The number of fused-ring (bicyclic) bond motifs is 5. The fraction of sp³-hybridized carbons (Fsp3) is 0.852. The third kappa shape index (κ3) is 3.53. The Kier molecular flexibility index (Phi) is 6.32. The number of carbonyl (C=O) groups excluding carboxylic acids is 2. The van der Waals surface area contributed by atoms with Crippen molar-refractivity contribution in [3.05, 3.63) is 11.6 Å². The summed E-state index contributed by atoms with van der Waals surface area (Å²) in [6.45, 7) is 9.65. The number of rotatable bonds is 7. The Hall–Kier alpha value is -0.960. The van der Waals surface area contributed by atoms with E-state index in [1.54, 1.807) is 0 Å². The van der Waals surface area contributed by atoms with Crippen LogP contribution in [0.25, 0.3) is 0 Å². The molecule has 4 aliphatic carbocycles. The van der Waals surface area contributed by atoms with Crippen molar-refractivity contribution in [1.29, 1.82) is 0 Å². The van der Waals surface area contributed by atoms with Gasteiger partial charge in [0.05, 0.1) is 6.10 Å². The minimum Gasteiger partial charge on any atom is -0.377 e. The molecular weight excluding hydrogens is 372 g/mol. The van der Waals surface area contributed by atoms with Crippen LogP contribution in [0.4, 0.5) is 0 Å². The lowest BCUT2D eigenvalue weighted by atomic mass is 9.46. The van der Waals surface area contributed by atoms with E-state index < -0.39 is 0 Å². The molecule has 0 aromatic heterocycles. The summed E-state index contributed by atoms with van der Waals surface area (Å²) in [5.74, 6) is 2.85. The van der Waals surface area contributed by atoms with Crippen molar-refractivity contribution in [2.45, 2.75) is 104 Å². The Balaban J connectivity index is 1.56. The molecule has 30 heavy (non-hydrogen) atoms. The Morgan fingerprint density at radius 3 is 2.63 bits per heavy atom. The van der Waals surface area contributed by atoms with E-state index in [1.165, 1.54) is 44.1 Å². The van der Waals surface area contributed by atoms with Gasteiger partial charge in [0.2, 0.25) is 0 Å². The van der Waals surface area contributed by atoms with Crippen LogP contribution in [0.1, 0.15) is 98.3 Å². The van der Waals surface area contributed by atoms with E-state index in [9.17, 15) is 9.59 Å².